The van der Waals surface area contributed by atoms with E-state index < -0.39 is 0 Å². The topological polar surface area (TPSA) is 0 Å². The largest absolute Gasteiger partial charge is 0.103 e. The van der Waals surface area contributed by atoms with Crippen LogP contribution in [0.15, 0.2) is 12.7 Å². The second-order valence-corrected chi connectivity index (χ2v) is 6.32. The molecule has 0 spiro atoms. The van der Waals surface area contributed by atoms with Gasteiger partial charge in [0.15, 0.2) is 0 Å². The Kier molecular flexibility index (Phi) is 5.02. The van der Waals surface area contributed by atoms with Crippen molar-refractivity contribution in [2.45, 2.75) is 25.7 Å². The number of allylic oxidation sites excluding steroid dienone is 1. The molecule has 0 nitrogen and oxygen atoms in total. The van der Waals surface area contributed by atoms with E-state index in [1.54, 1.807) is 0 Å². The minimum absolute atomic E-state index is 0.837. The summed E-state index contributed by atoms with van der Waals surface area (Å²) in [4.78, 5) is 0. The number of rotatable bonds is 3. The van der Waals surface area contributed by atoms with E-state index in [2.05, 4.69) is 34.7 Å². The standard InChI is InChI=1S/C9H16IP/c1-2-8-3-5-9(6-4-8)7-11-10/h2,8-9,11H,1,3-7H2. The summed E-state index contributed by atoms with van der Waals surface area (Å²) in [5, 5.41) is 0. The first-order valence-corrected chi connectivity index (χ1v) is 8.65. The van der Waals surface area contributed by atoms with Gasteiger partial charge >= 0.3 is 0 Å². The second-order valence-electron chi connectivity index (χ2n) is 3.35. The van der Waals surface area contributed by atoms with Gasteiger partial charge in [-0.1, -0.05) is 34.3 Å². The molecule has 0 aliphatic heterocycles. The van der Waals surface area contributed by atoms with Crippen molar-refractivity contribution >= 4 is 28.3 Å². The van der Waals surface area contributed by atoms with Crippen molar-refractivity contribution in [1.82, 2.24) is 0 Å². The summed E-state index contributed by atoms with van der Waals surface area (Å²) in [6.07, 6.45) is 10.4. The zero-order chi connectivity index (χ0) is 8.10. The van der Waals surface area contributed by atoms with Gasteiger partial charge in [0.05, 0.1) is 0 Å². The van der Waals surface area contributed by atoms with Crippen LogP contribution in [0.2, 0.25) is 0 Å². The summed E-state index contributed by atoms with van der Waals surface area (Å²) in [7, 11) is 0. The first-order chi connectivity index (χ1) is 5.36. The predicted octanol–water partition coefficient (Wildman–Crippen LogP) is 4.01. The average molecular weight is 282 g/mol. The van der Waals surface area contributed by atoms with Crippen molar-refractivity contribution in [2.75, 3.05) is 6.16 Å². The molecule has 1 aliphatic rings. The summed E-state index contributed by atoms with van der Waals surface area (Å²) < 4.78 is 0. The Morgan fingerprint density at radius 1 is 1.36 bits per heavy atom. The molecule has 1 saturated carbocycles. The van der Waals surface area contributed by atoms with E-state index in [0.29, 0.717) is 0 Å². The fourth-order valence-corrected chi connectivity index (χ4v) is 4.23. The molecule has 0 N–H and O–H groups in total. The van der Waals surface area contributed by atoms with Gasteiger partial charge in [0.25, 0.3) is 0 Å². The molecule has 2 heteroatoms. The molecule has 0 amide bonds. The van der Waals surface area contributed by atoms with E-state index in [1.807, 2.05) is 0 Å². The first kappa shape index (κ1) is 9.98. The van der Waals surface area contributed by atoms with Gasteiger partial charge < -0.3 is 0 Å². The van der Waals surface area contributed by atoms with Gasteiger partial charge in [0.2, 0.25) is 0 Å². The smallest absolute Gasteiger partial charge is 0.0234 e. The van der Waals surface area contributed by atoms with Crippen LogP contribution in [0.4, 0.5) is 0 Å². The Morgan fingerprint density at radius 2 is 2.00 bits per heavy atom. The Balaban J connectivity index is 2.18. The Bertz CT molecular complexity index is 117. The minimum atomic E-state index is 0.837. The molecule has 1 atom stereocenters. The molecule has 0 heterocycles. The lowest BCUT2D eigenvalue weighted by Crippen LogP contribution is -2.13. The molecule has 0 saturated heterocycles. The maximum atomic E-state index is 3.86. The Labute approximate surface area is 84.5 Å². The van der Waals surface area contributed by atoms with E-state index in [1.165, 1.54) is 31.8 Å². The summed E-state index contributed by atoms with van der Waals surface area (Å²) in [6, 6.07) is 0. The lowest BCUT2D eigenvalue weighted by Gasteiger charge is -2.25. The first-order valence-electron chi connectivity index (χ1n) is 4.33. The minimum Gasteiger partial charge on any atom is -0.103 e. The fourth-order valence-electron chi connectivity index (χ4n) is 1.74. The van der Waals surface area contributed by atoms with Gasteiger partial charge in [-0.25, -0.2) is 0 Å². The van der Waals surface area contributed by atoms with Crippen LogP contribution < -0.4 is 0 Å². The SMILES string of the molecule is C=CC1CCC(CPI)CC1. The van der Waals surface area contributed by atoms with Gasteiger partial charge in [0, 0.05) is 0 Å². The summed E-state index contributed by atoms with van der Waals surface area (Å²) >= 11 is 2.51. The molecule has 1 rings (SSSR count). The van der Waals surface area contributed by atoms with E-state index in [9.17, 15) is 0 Å². The third-order valence-electron chi connectivity index (χ3n) is 2.59. The normalized spacial score (nSPS) is 32.8. The fraction of sp³-hybridized carbons (Fsp3) is 0.778. The highest BCUT2D eigenvalue weighted by Crippen LogP contribution is 2.35. The second kappa shape index (κ2) is 5.53. The van der Waals surface area contributed by atoms with Crippen LogP contribution in [0.25, 0.3) is 0 Å². The molecular formula is C9H16IP. The van der Waals surface area contributed by atoms with E-state index in [-0.39, 0.29) is 0 Å². The van der Waals surface area contributed by atoms with Crippen LogP contribution >= 0.6 is 28.3 Å². The highest BCUT2D eigenvalue weighted by atomic mass is 127. The van der Waals surface area contributed by atoms with Crippen LogP contribution in [0.3, 0.4) is 0 Å². The van der Waals surface area contributed by atoms with E-state index in [0.717, 1.165) is 18.1 Å². The Morgan fingerprint density at radius 3 is 2.45 bits per heavy atom. The molecule has 1 aliphatic carbocycles. The van der Waals surface area contributed by atoms with Crippen molar-refractivity contribution in [3.63, 3.8) is 0 Å². The van der Waals surface area contributed by atoms with Crippen LogP contribution in [-0.2, 0) is 0 Å². The monoisotopic (exact) mass is 282 g/mol. The molecule has 0 aromatic heterocycles. The van der Waals surface area contributed by atoms with Crippen molar-refractivity contribution in [3.8, 4) is 0 Å². The molecule has 1 fully saturated rings. The van der Waals surface area contributed by atoms with E-state index >= 15 is 0 Å². The van der Waals surface area contributed by atoms with Crippen molar-refractivity contribution in [1.29, 1.82) is 0 Å². The molecule has 0 bridgehead atoms. The molecule has 0 aromatic carbocycles. The van der Waals surface area contributed by atoms with Gasteiger partial charge in [-0.2, -0.15) is 0 Å². The Hall–Kier alpha value is 0.900. The number of hydrogen-bond acceptors (Lipinski definition) is 0. The molecule has 0 aromatic rings. The lowest BCUT2D eigenvalue weighted by molar-refractivity contribution is 0.335. The maximum absolute atomic E-state index is 3.86. The van der Waals surface area contributed by atoms with Crippen LogP contribution in [0, 0.1) is 11.8 Å². The number of halogens is 1. The van der Waals surface area contributed by atoms with E-state index in [4.69, 9.17) is 0 Å². The summed E-state index contributed by atoms with van der Waals surface area (Å²) in [5.74, 6) is 1.88. The highest BCUT2D eigenvalue weighted by Gasteiger charge is 2.17. The molecule has 1 unspecified atom stereocenters. The zero-order valence-corrected chi connectivity index (χ0v) is 10.0. The van der Waals surface area contributed by atoms with Gasteiger partial charge in [0.1, 0.15) is 0 Å². The van der Waals surface area contributed by atoms with Crippen LogP contribution in [0.5, 0.6) is 0 Å². The molecule has 64 valence electrons. The average Bonchev–Trinajstić information content (AvgIpc) is 2.07. The van der Waals surface area contributed by atoms with Gasteiger partial charge in [-0.3, -0.25) is 0 Å². The lowest BCUT2D eigenvalue weighted by atomic mass is 9.83. The van der Waals surface area contributed by atoms with Crippen molar-refractivity contribution in [2.24, 2.45) is 11.8 Å². The molecule has 11 heavy (non-hydrogen) atoms. The van der Waals surface area contributed by atoms with Gasteiger partial charge in [-0.15, -0.1) is 6.58 Å². The van der Waals surface area contributed by atoms with Crippen LogP contribution in [-0.4, -0.2) is 6.16 Å². The number of hydrogen-bond donors (Lipinski definition) is 0. The molecule has 0 radical (unpaired) electrons. The third-order valence-corrected chi connectivity index (χ3v) is 4.64. The maximum Gasteiger partial charge on any atom is -0.0234 e. The summed E-state index contributed by atoms with van der Waals surface area (Å²) in [6.45, 7) is 3.86. The van der Waals surface area contributed by atoms with Crippen molar-refractivity contribution < 1.29 is 0 Å². The zero-order valence-electron chi connectivity index (χ0n) is 6.85. The highest BCUT2D eigenvalue weighted by molar-refractivity contribution is 14.2. The van der Waals surface area contributed by atoms with Crippen LogP contribution in [0.1, 0.15) is 25.7 Å². The molecular weight excluding hydrogens is 266 g/mol. The summed E-state index contributed by atoms with van der Waals surface area (Å²) in [5.41, 5.74) is 0. The quantitative estimate of drug-likeness (QED) is 0.417. The third kappa shape index (κ3) is 3.42. The van der Waals surface area contributed by atoms with Crippen molar-refractivity contribution in [3.05, 3.63) is 12.7 Å². The van der Waals surface area contributed by atoms with Gasteiger partial charge in [-0.05, 0) is 43.7 Å². The predicted molar refractivity (Wildman–Crippen MR) is 62.8 cm³/mol.